The highest BCUT2D eigenvalue weighted by atomic mass is 15.0. The number of rotatable bonds is 0. The summed E-state index contributed by atoms with van der Waals surface area (Å²) < 4.78 is 0. The van der Waals surface area contributed by atoms with Crippen LogP contribution in [0.2, 0.25) is 0 Å². The summed E-state index contributed by atoms with van der Waals surface area (Å²) in [4.78, 5) is 0. The fourth-order valence-corrected chi connectivity index (χ4v) is 1.43. The molecule has 1 aromatic rings. The third-order valence-electron chi connectivity index (χ3n) is 2.09. The Kier molecular flexibility index (Phi) is 1.49. The van der Waals surface area contributed by atoms with E-state index in [0.29, 0.717) is 5.56 Å². The Hall–Kier alpha value is -1.53. The minimum absolute atomic E-state index is 0.0766. The molecule has 0 spiro atoms. The third-order valence-corrected chi connectivity index (χ3v) is 2.09. The number of nitrogens with two attached hydrogens (primary N) is 1. The van der Waals surface area contributed by atoms with Crippen molar-refractivity contribution in [2.75, 3.05) is 11.9 Å². The molecular formula is C9H9N3. The summed E-state index contributed by atoms with van der Waals surface area (Å²) in [6, 6.07) is 7.72. The second-order valence-electron chi connectivity index (χ2n) is 2.90. The van der Waals surface area contributed by atoms with Crippen LogP contribution in [0, 0.1) is 11.3 Å². The Morgan fingerprint density at radius 1 is 1.58 bits per heavy atom. The van der Waals surface area contributed by atoms with Gasteiger partial charge in [0.2, 0.25) is 0 Å². The van der Waals surface area contributed by atoms with Crippen molar-refractivity contribution < 1.29 is 0 Å². The summed E-state index contributed by atoms with van der Waals surface area (Å²) in [5, 5.41) is 11.8. The number of fused-ring (bicyclic) bond motifs is 1. The lowest BCUT2D eigenvalue weighted by Crippen LogP contribution is -2.11. The van der Waals surface area contributed by atoms with Crippen molar-refractivity contribution in [3.8, 4) is 6.07 Å². The van der Waals surface area contributed by atoms with Crippen LogP contribution in [0.15, 0.2) is 18.2 Å². The van der Waals surface area contributed by atoms with Crippen LogP contribution in [0.25, 0.3) is 0 Å². The van der Waals surface area contributed by atoms with Crippen molar-refractivity contribution in [3.63, 3.8) is 0 Å². The largest absolute Gasteiger partial charge is 0.383 e. The second kappa shape index (κ2) is 2.50. The number of nitriles is 1. The second-order valence-corrected chi connectivity index (χ2v) is 2.90. The van der Waals surface area contributed by atoms with Crippen LogP contribution in [0.1, 0.15) is 17.2 Å². The van der Waals surface area contributed by atoms with E-state index in [4.69, 9.17) is 11.0 Å². The van der Waals surface area contributed by atoms with Crippen LogP contribution in [-0.4, -0.2) is 6.54 Å². The molecule has 12 heavy (non-hydrogen) atoms. The number of nitrogens with zero attached hydrogens (tertiary/aromatic N) is 1. The van der Waals surface area contributed by atoms with E-state index in [1.165, 1.54) is 0 Å². The average molecular weight is 159 g/mol. The standard InChI is InChI=1S/C9H9N3/c10-4-6-1-2-7-8(11)5-12-9(7)3-6/h1-3,8,12H,5,11H2. The Bertz CT molecular complexity index is 351. The molecule has 3 heteroatoms. The molecule has 1 aromatic carbocycles. The van der Waals surface area contributed by atoms with Gasteiger partial charge in [-0.05, 0) is 17.7 Å². The van der Waals surface area contributed by atoms with E-state index in [9.17, 15) is 0 Å². The van der Waals surface area contributed by atoms with Gasteiger partial charge in [0, 0.05) is 18.3 Å². The lowest BCUT2D eigenvalue weighted by atomic mass is 10.1. The monoisotopic (exact) mass is 159 g/mol. The van der Waals surface area contributed by atoms with Crippen molar-refractivity contribution in [2.45, 2.75) is 6.04 Å². The smallest absolute Gasteiger partial charge is 0.0992 e. The molecule has 1 aliphatic rings. The molecule has 2 rings (SSSR count). The SMILES string of the molecule is N#Cc1ccc2c(c1)NCC2N. The van der Waals surface area contributed by atoms with Gasteiger partial charge < -0.3 is 11.1 Å². The first-order valence-electron chi connectivity index (χ1n) is 3.85. The zero-order valence-corrected chi connectivity index (χ0v) is 6.54. The van der Waals surface area contributed by atoms with E-state index in [1.807, 2.05) is 12.1 Å². The van der Waals surface area contributed by atoms with Crippen LogP contribution in [0.3, 0.4) is 0 Å². The summed E-state index contributed by atoms with van der Waals surface area (Å²) in [7, 11) is 0. The van der Waals surface area contributed by atoms with Gasteiger partial charge in [-0.15, -0.1) is 0 Å². The molecule has 60 valence electrons. The van der Waals surface area contributed by atoms with Gasteiger partial charge in [0.1, 0.15) is 0 Å². The molecule has 3 N–H and O–H groups in total. The maximum atomic E-state index is 8.63. The molecule has 0 aliphatic carbocycles. The molecule has 0 bridgehead atoms. The molecular weight excluding hydrogens is 150 g/mol. The van der Waals surface area contributed by atoms with Gasteiger partial charge in [-0.1, -0.05) is 6.07 Å². The van der Waals surface area contributed by atoms with E-state index in [2.05, 4.69) is 11.4 Å². The number of nitrogens with one attached hydrogen (secondary N) is 1. The van der Waals surface area contributed by atoms with Crippen molar-refractivity contribution >= 4 is 5.69 Å². The molecule has 1 heterocycles. The van der Waals surface area contributed by atoms with Crippen LogP contribution >= 0.6 is 0 Å². The molecule has 0 fully saturated rings. The van der Waals surface area contributed by atoms with Gasteiger partial charge in [0.05, 0.1) is 11.6 Å². The van der Waals surface area contributed by atoms with Crippen molar-refractivity contribution in [2.24, 2.45) is 5.73 Å². The number of benzene rings is 1. The van der Waals surface area contributed by atoms with E-state index in [1.54, 1.807) is 6.07 Å². The zero-order chi connectivity index (χ0) is 8.55. The summed E-state index contributed by atoms with van der Waals surface area (Å²) in [6.07, 6.45) is 0. The first kappa shape index (κ1) is 7.14. The first-order chi connectivity index (χ1) is 5.81. The Morgan fingerprint density at radius 3 is 3.17 bits per heavy atom. The van der Waals surface area contributed by atoms with Gasteiger partial charge in [-0.25, -0.2) is 0 Å². The number of hydrogen-bond donors (Lipinski definition) is 2. The van der Waals surface area contributed by atoms with Crippen LogP contribution < -0.4 is 11.1 Å². The third kappa shape index (κ3) is 0.936. The summed E-state index contributed by atoms with van der Waals surface area (Å²) >= 11 is 0. The maximum Gasteiger partial charge on any atom is 0.0992 e. The molecule has 0 saturated carbocycles. The Labute approximate surface area is 70.8 Å². The summed E-state index contributed by atoms with van der Waals surface area (Å²) in [5.74, 6) is 0. The van der Waals surface area contributed by atoms with E-state index >= 15 is 0 Å². The van der Waals surface area contributed by atoms with Gasteiger partial charge in [-0.3, -0.25) is 0 Å². The highest BCUT2D eigenvalue weighted by Crippen LogP contribution is 2.28. The quantitative estimate of drug-likeness (QED) is 0.593. The lowest BCUT2D eigenvalue weighted by Gasteiger charge is -2.00. The topological polar surface area (TPSA) is 61.8 Å². The summed E-state index contributed by atoms with van der Waals surface area (Å²) in [5.41, 5.74) is 8.58. The van der Waals surface area contributed by atoms with E-state index in [-0.39, 0.29) is 6.04 Å². The van der Waals surface area contributed by atoms with Crippen LogP contribution in [0.4, 0.5) is 5.69 Å². The Balaban J connectivity index is 2.50. The normalized spacial score (nSPS) is 19.5. The molecule has 0 amide bonds. The molecule has 0 aromatic heterocycles. The summed E-state index contributed by atoms with van der Waals surface area (Å²) in [6.45, 7) is 0.768. The van der Waals surface area contributed by atoms with Crippen molar-refractivity contribution in [3.05, 3.63) is 29.3 Å². The van der Waals surface area contributed by atoms with Crippen LogP contribution in [-0.2, 0) is 0 Å². The fourth-order valence-electron chi connectivity index (χ4n) is 1.43. The number of anilines is 1. The maximum absolute atomic E-state index is 8.63. The average Bonchev–Trinajstić information content (AvgIpc) is 2.47. The van der Waals surface area contributed by atoms with Gasteiger partial charge in [0.25, 0.3) is 0 Å². The molecule has 1 aliphatic heterocycles. The van der Waals surface area contributed by atoms with Gasteiger partial charge in [-0.2, -0.15) is 5.26 Å². The van der Waals surface area contributed by atoms with E-state index < -0.39 is 0 Å². The van der Waals surface area contributed by atoms with Crippen LogP contribution in [0.5, 0.6) is 0 Å². The van der Waals surface area contributed by atoms with Gasteiger partial charge in [0.15, 0.2) is 0 Å². The highest BCUT2D eigenvalue weighted by molar-refractivity contribution is 5.60. The van der Waals surface area contributed by atoms with Crippen molar-refractivity contribution in [1.82, 2.24) is 0 Å². The Morgan fingerprint density at radius 2 is 2.42 bits per heavy atom. The molecule has 3 nitrogen and oxygen atoms in total. The lowest BCUT2D eigenvalue weighted by molar-refractivity contribution is 0.808. The first-order valence-corrected chi connectivity index (χ1v) is 3.85. The zero-order valence-electron chi connectivity index (χ0n) is 6.54. The molecule has 0 saturated heterocycles. The predicted molar refractivity (Wildman–Crippen MR) is 46.6 cm³/mol. The minimum Gasteiger partial charge on any atom is -0.383 e. The van der Waals surface area contributed by atoms with E-state index in [0.717, 1.165) is 17.8 Å². The molecule has 1 unspecified atom stereocenters. The molecule has 1 atom stereocenters. The van der Waals surface area contributed by atoms with Crippen molar-refractivity contribution in [1.29, 1.82) is 5.26 Å². The highest BCUT2D eigenvalue weighted by Gasteiger charge is 2.17. The molecule has 0 radical (unpaired) electrons. The predicted octanol–water partition coefficient (Wildman–Crippen LogP) is 0.984. The minimum atomic E-state index is 0.0766. The van der Waals surface area contributed by atoms with Gasteiger partial charge >= 0.3 is 0 Å². The number of hydrogen-bond acceptors (Lipinski definition) is 3. The fraction of sp³-hybridized carbons (Fsp3) is 0.222.